The van der Waals surface area contributed by atoms with Crippen molar-refractivity contribution in [1.82, 2.24) is 4.90 Å². The lowest BCUT2D eigenvalue weighted by molar-refractivity contribution is -0.124. The van der Waals surface area contributed by atoms with E-state index in [1.807, 2.05) is 54.3 Å². The number of piperazine rings is 1. The molecule has 0 unspecified atom stereocenters. The summed E-state index contributed by atoms with van der Waals surface area (Å²) in [6.45, 7) is 5.02. The van der Waals surface area contributed by atoms with Crippen molar-refractivity contribution in [2.75, 3.05) is 53.3 Å². The van der Waals surface area contributed by atoms with Gasteiger partial charge in [0.1, 0.15) is 5.82 Å². The molecule has 190 valence electrons. The number of anilines is 3. The van der Waals surface area contributed by atoms with E-state index < -0.39 is 4.87 Å². The van der Waals surface area contributed by atoms with Gasteiger partial charge >= 0.3 is 0 Å². The maximum absolute atomic E-state index is 14.3. The molecule has 3 heterocycles. The van der Waals surface area contributed by atoms with E-state index in [9.17, 15) is 14.0 Å². The largest absolute Gasteiger partial charge is 0.367 e. The van der Waals surface area contributed by atoms with E-state index in [-0.39, 0.29) is 23.4 Å². The van der Waals surface area contributed by atoms with Crippen molar-refractivity contribution in [3.8, 4) is 0 Å². The van der Waals surface area contributed by atoms with Crippen LogP contribution in [-0.4, -0.2) is 55.3 Å². The van der Waals surface area contributed by atoms with Gasteiger partial charge < -0.3 is 4.90 Å². The van der Waals surface area contributed by atoms with Crippen molar-refractivity contribution >= 4 is 52.2 Å². The van der Waals surface area contributed by atoms with Gasteiger partial charge in [0.15, 0.2) is 0 Å². The summed E-state index contributed by atoms with van der Waals surface area (Å²) in [6, 6.07) is 20.0. The van der Waals surface area contributed by atoms with Crippen LogP contribution in [0.1, 0.15) is 11.1 Å². The van der Waals surface area contributed by atoms with Crippen LogP contribution in [0.2, 0.25) is 5.02 Å². The maximum Gasteiger partial charge on any atom is 0.269 e. The number of carbonyl (C=O) groups is 2. The van der Waals surface area contributed by atoms with Crippen LogP contribution in [0, 0.1) is 12.7 Å². The molecule has 37 heavy (non-hydrogen) atoms. The van der Waals surface area contributed by atoms with E-state index >= 15 is 0 Å². The van der Waals surface area contributed by atoms with E-state index in [1.165, 1.54) is 17.8 Å². The van der Waals surface area contributed by atoms with Gasteiger partial charge in [-0.1, -0.05) is 48.0 Å². The van der Waals surface area contributed by atoms with Crippen molar-refractivity contribution < 1.29 is 14.0 Å². The molecule has 0 aromatic heterocycles. The van der Waals surface area contributed by atoms with Crippen molar-refractivity contribution in [2.45, 2.75) is 11.8 Å². The van der Waals surface area contributed by atoms with Gasteiger partial charge in [-0.3, -0.25) is 24.3 Å². The zero-order valence-corrected chi connectivity index (χ0v) is 21.9. The maximum atomic E-state index is 14.3. The monoisotopic (exact) mass is 536 g/mol. The van der Waals surface area contributed by atoms with Crippen LogP contribution in [0.5, 0.6) is 0 Å². The number of carbonyl (C=O) groups excluding carboxylic acids is 2. The van der Waals surface area contributed by atoms with Gasteiger partial charge in [0.2, 0.25) is 10.8 Å². The molecule has 0 N–H and O–H groups in total. The van der Waals surface area contributed by atoms with E-state index in [1.54, 1.807) is 28.0 Å². The number of thioether (sulfide) groups is 1. The van der Waals surface area contributed by atoms with Gasteiger partial charge in [0.25, 0.3) is 5.91 Å². The lowest BCUT2D eigenvalue weighted by Crippen LogP contribution is -2.54. The number of fused-ring (bicyclic) bond motifs is 2. The molecule has 2 fully saturated rings. The predicted molar refractivity (Wildman–Crippen MR) is 147 cm³/mol. The molecule has 0 aliphatic carbocycles. The van der Waals surface area contributed by atoms with Crippen LogP contribution in [0.25, 0.3) is 0 Å². The van der Waals surface area contributed by atoms with E-state index in [2.05, 4.69) is 4.90 Å². The highest BCUT2D eigenvalue weighted by atomic mass is 35.5. The lowest BCUT2D eigenvalue weighted by Gasteiger charge is -2.38. The number of nitrogens with zero attached hydrogens (tertiary/aromatic N) is 4. The molecule has 0 saturated carbocycles. The molecule has 3 aromatic rings. The fourth-order valence-electron chi connectivity index (χ4n) is 5.46. The predicted octanol–water partition coefficient (Wildman–Crippen LogP) is 4.85. The Balaban J connectivity index is 1.29. The highest BCUT2D eigenvalue weighted by Gasteiger charge is 2.61. The van der Waals surface area contributed by atoms with Crippen LogP contribution in [-0.2, 0) is 14.5 Å². The minimum absolute atomic E-state index is 0.117. The molecule has 6 nitrogen and oxygen atoms in total. The summed E-state index contributed by atoms with van der Waals surface area (Å²) in [5.74, 6) is -0.257. The summed E-state index contributed by atoms with van der Waals surface area (Å²) in [6.07, 6.45) is 0. The third-order valence-corrected chi connectivity index (χ3v) is 9.18. The fraction of sp³-hybridized carbons (Fsp3) is 0.286. The highest BCUT2D eigenvalue weighted by molar-refractivity contribution is 8.02. The Morgan fingerprint density at radius 2 is 1.65 bits per heavy atom. The van der Waals surface area contributed by atoms with Crippen LogP contribution in [0.15, 0.2) is 66.7 Å². The van der Waals surface area contributed by atoms with Gasteiger partial charge in [-0.2, -0.15) is 0 Å². The minimum atomic E-state index is -1.17. The van der Waals surface area contributed by atoms with Gasteiger partial charge in [-0.25, -0.2) is 4.39 Å². The third-order valence-electron chi connectivity index (χ3n) is 7.38. The first-order valence-corrected chi connectivity index (χ1v) is 13.6. The Morgan fingerprint density at radius 1 is 0.946 bits per heavy atom. The molecule has 3 aliphatic rings. The normalized spacial score (nSPS) is 21.9. The second kappa shape index (κ2) is 9.35. The van der Waals surface area contributed by atoms with E-state index in [4.69, 9.17) is 11.6 Å². The first kappa shape index (κ1) is 24.3. The number of hydrogen-bond donors (Lipinski definition) is 0. The topological polar surface area (TPSA) is 47.1 Å². The summed E-state index contributed by atoms with van der Waals surface area (Å²) in [4.78, 5) is 34.0. The van der Waals surface area contributed by atoms with Crippen LogP contribution >= 0.6 is 23.4 Å². The second-order valence-corrected chi connectivity index (χ2v) is 11.1. The SMILES string of the molecule is Cc1ccc(N2C(=O)CS[C@@]23C(=O)N(CN2CCN(c4ccccc4F)CC2)c2ccccc23)cc1Cl. The molecule has 3 aromatic carbocycles. The zero-order chi connectivity index (χ0) is 25.7. The first-order chi connectivity index (χ1) is 17.9. The Hall–Kier alpha value is -3.07. The Morgan fingerprint density at radius 3 is 2.38 bits per heavy atom. The Labute approximate surface area is 224 Å². The van der Waals surface area contributed by atoms with Crippen LogP contribution in [0.4, 0.5) is 21.5 Å². The molecular weight excluding hydrogens is 511 g/mol. The molecule has 2 saturated heterocycles. The zero-order valence-electron chi connectivity index (χ0n) is 20.4. The number of rotatable bonds is 4. The van der Waals surface area contributed by atoms with E-state index in [0.29, 0.717) is 49.2 Å². The number of para-hydroxylation sites is 2. The number of amides is 2. The fourth-order valence-corrected chi connectivity index (χ4v) is 6.99. The molecular formula is C28H26ClFN4O2S. The van der Waals surface area contributed by atoms with Gasteiger partial charge in [0.05, 0.1) is 23.8 Å². The molecule has 0 bridgehead atoms. The van der Waals surface area contributed by atoms with Gasteiger partial charge in [-0.15, -0.1) is 11.8 Å². The molecule has 2 amide bonds. The number of halogens is 2. The van der Waals surface area contributed by atoms with Crippen LogP contribution in [0.3, 0.4) is 0 Å². The molecule has 1 spiro atoms. The van der Waals surface area contributed by atoms with Gasteiger partial charge in [0, 0.05) is 42.5 Å². The highest BCUT2D eigenvalue weighted by Crippen LogP contribution is 2.55. The summed E-state index contributed by atoms with van der Waals surface area (Å²) in [7, 11) is 0. The smallest absolute Gasteiger partial charge is 0.269 e. The molecule has 3 aliphatic heterocycles. The Kier molecular flexibility index (Phi) is 6.13. The summed E-state index contributed by atoms with van der Waals surface area (Å²) in [5, 5.41) is 0.556. The average Bonchev–Trinajstić information content (AvgIpc) is 3.37. The van der Waals surface area contributed by atoms with Crippen molar-refractivity contribution in [3.05, 3.63) is 88.7 Å². The number of aryl methyl sites for hydroxylation is 1. The standard InChI is InChI=1S/C28H26ClFN4O2S/c1-19-10-11-20(16-22(19)29)34-26(35)17-37-28(34)21-6-2-4-8-24(21)33(27(28)36)18-31-12-14-32(15-13-31)25-9-5-3-7-23(25)30/h2-11,16H,12-15,17-18H2,1H3/t28-/m0/s1. The third kappa shape index (κ3) is 3.90. The van der Waals surface area contributed by atoms with Gasteiger partial charge in [-0.05, 0) is 42.8 Å². The quantitative estimate of drug-likeness (QED) is 0.477. The summed E-state index contributed by atoms with van der Waals surface area (Å²) >= 11 is 7.78. The van der Waals surface area contributed by atoms with E-state index in [0.717, 1.165) is 16.8 Å². The lowest BCUT2D eigenvalue weighted by atomic mass is 10.0. The Bertz CT molecular complexity index is 1400. The second-order valence-electron chi connectivity index (χ2n) is 9.54. The molecule has 6 rings (SSSR count). The minimum Gasteiger partial charge on any atom is -0.367 e. The van der Waals surface area contributed by atoms with Crippen LogP contribution < -0.4 is 14.7 Å². The van der Waals surface area contributed by atoms with Crippen molar-refractivity contribution in [3.63, 3.8) is 0 Å². The van der Waals surface area contributed by atoms with Crippen molar-refractivity contribution in [1.29, 1.82) is 0 Å². The molecule has 0 radical (unpaired) electrons. The number of benzene rings is 3. The molecule has 1 atom stereocenters. The van der Waals surface area contributed by atoms with Crippen molar-refractivity contribution in [2.24, 2.45) is 0 Å². The summed E-state index contributed by atoms with van der Waals surface area (Å²) < 4.78 is 14.3. The first-order valence-electron chi connectivity index (χ1n) is 12.3. The number of hydrogen-bond acceptors (Lipinski definition) is 5. The average molecular weight is 537 g/mol. The summed E-state index contributed by atoms with van der Waals surface area (Å²) in [5.41, 5.74) is 3.77. The molecule has 9 heteroatoms.